The summed E-state index contributed by atoms with van der Waals surface area (Å²) in [7, 11) is 0. The van der Waals surface area contributed by atoms with Crippen molar-refractivity contribution in [2.75, 3.05) is 13.2 Å². The van der Waals surface area contributed by atoms with Crippen molar-refractivity contribution in [2.24, 2.45) is 0 Å². The fourth-order valence-electron chi connectivity index (χ4n) is 1.88. The summed E-state index contributed by atoms with van der Waals surface area (Å²) in [5.74, 6) is -1.07. The van der Waals surface area contributed by atoms with Gasteiger partial charge in [-0.2, -0.15) is 0 Å². The van der Waals surface area contributed by atoms with E-state index < -0.39 is 23.6 Å². The second kappa shape index (κ2) is 4.35. The van der Waals surface area contributed by atoms with Crippen LogP contribution in [0.15, 0.2) is 0 Å². The molecular formula is C10H20O5. The predicted molar refractivity (Wildman–Crippen MR) is 53.2 cm³/mol. The van der Waals surface area contributed by atoms with Gasteiger partial charge in [-0.3, -0.25) is 0 Å². The average molecular weight is 220 g/mol. The molecule has 2 bridgehead atoms. The van der Waals surface area contributed by atoms with E-state index in [1.165, 1.54) is 0 Å². The Morgan fingerprint density at radius 1 is 1.27 bits per heavy atom. The van der Waals surface area contributed by atoms with Crippen LogP contribution in [0.1, 0.15) is 27.2 Å². The smallest absolute Gasteiger partial charge is 0.192 e. The van der Waals surface area contributed by atoms with Gasteiger partial charge >= 0.3 is 0 Å². The highest BCUT2D eigenvalue weighted by molar-refractivity contribution is 5.03. The maximum absolute atomic E-state index is 9.61. The lowest BCUT2D eigenvalue weighted by Crippen LogP contribution is -2.58. The summed E-state index contributed by atoms with van der Waals surface area (Å²) in [5.41, 5.74) is -1.03. The molecule has 0 spiro atoms. The summed E-state index contributed by atoms with van der Waals surface area (Å²) in [6.45, 7) is 5.44. The van der Waals surface area contributed by atoms with E-state index in [-0.39, 0.29) is 19.6 Å². The SMILES string of the molecule is CC.CC12OCC(CO)(O1)C(O)CC2O. The Kier molecular flexibility index (Phi) is 3.73. The van der Waals surface area contributed by atoms with Crippen molar-refractivity contribution in [3.05, 3.63) is 0 Å². The van der Waals surface area contributed by atoms with E-state index in [1.54, 1.807) is 6.92 Å². The number of ether oxygens (including phenoxy) is 2. The predicted octanol–water partition coefficient (Wildman–Crippen LogP) is -0.368. The topological polar surface area (TPSA) is 79.2 Å². The molecule has 2 fully saturated rings. The molecule has 0 aromatic heterocycles. The zero-order valence-electron chi connectivity index (χ0n) is 9.43. The first kappa shape index (κ1) is 12.9. The molecule has 2 aliphatic rings. The summed E-state index contributed by atoms with van der Waals surface area (Å²) < 4.78 is 10.6. The van der Waals surface area contributed by atoms with Crippen molar-refractivity contribution >= 4 is 0 Å². The summed E-state index contributed by atoms with van der Waals surface area (Å²) >= 11 is 0. The van der Waals surface area contributed by atoms with E-state index in [9.17, 15) is 10.2 Å². The zero-order chi connectivity index (χ0) is 11.7. The third-order valence-corrected chi connectivity index (χ3v) is 2.94. The number of rotatable bonds is 1. The fraction of sp³-hybridized carbons (Fsp3) is 1.00. The molecule has 5 nitrogen and oxygen atoms in total. The van der Waals surface area contributed by atoms with Crippen molar-refractivity contribution in [1.29, 1.82) is 0 Å². The first-order valence-corrected chi connectivity index (χ1v) is 5.33. The van der Waals surface area contributed by atoms with Gasteiger partial charge in [-0.1, -0.05) is 13.8 Å². The van der Waals surface area contributed by atoms with Gasteiger partial charge in [0.25, 0.3) is 0 Å². The Morgan fingerprint density at radius 3 is 2.40 bits per heavy atom. The molecule has 2 saturated heterocycles. The molecule has 0 aromatic carbocycles. The molecule has 0 saturated carbocycles. The van der Waals surface area contributed by atoms with Gasteiger partial charge in [0.1, 0.15) is 11.7 Å². The van der Waals surface area contributed by atoms with Crippen molar-refractivity contribution < 1.29 is 24.8 Å². The van der Waals surface area contributed by atoms with Gasteiger partial charge in [-0.05, 0) is 6.92 Å². The molecule has 2 heterocycles. The fourth-order valence-corrected chi connectivity index (χ4v) is 1.88. The lowest BCUT2D eigenvalue weighted by Gasteiger charge is -2.41. The summed E-state index contributed by atoms with van der Waals surface area (Å²) in [6.07, 6.45) is -1.54. The van der Waals surface area contributed by atoms with Gasteiger partial charge in [0, 0.05) is 6.42 Å². The van der Waals surface area contributed by atoms with Crippen LogP contribution in [-0.4, -0.2) is 52.1 Å². The Balaban J connectivity index is 0.000000531. The minimum Gasteiger partial charge on any atom is -0.393 e. The van der Waals surface area contributed by atoms with E-state index in [0.717, 1.165) is 0 Å². The zero-order valence-corrected chi connectivity index (χ0v) is 9.43. The van der Waals surface area contributed by atoms with Crippen LogP contribution in [-0.2, 0) is 9.47 Å². The summed E-state index contributed by atoms with van der Waals surface area (Å²) in [5, 5.41) is 28.2. The Bertz CT molecular complexity index is 222. The van der Waals surface area contributed by atoms with Gasteiger partial charge < -0.3 is 24.8 Å². The molecule has 0 radical (unpaired) electrons. The molecule has 4 atom stereocenters. The Labute approximate surface area is 89.6 Å². The van der Waals surface area contributed by atoms with E-state index in [0.29, 0.717) is 0 Å². The van der Waals surface area contributed by atoms with Crippen LogP contribution in [0.25, 0.3) is 0 Å². The van der Waals surface area contributed by atoms with Gasteiger partial charge in [-0.15, -0.1) is 0 Å². The molecule has 0 aromatic rings. The lowest BCUT2D eigenvalue weighted by molar-refractivity contribution is -0.282. The minimum atomic E-state index is -1.07. The first-order chi connectivity index (χ1) is 7.02. The van der Waals surface area contributed by atoms with E-state index in [1.807, 2.05) is 13.8 Å². The third kappa shape index (κ3) is 1.90. The van der Waals surface area contributed by atoms with E-state index >= 15 is 0 Å². The molecular weight excluding hydrogens is 200 g/mol. The number of hydrogen-bond acceptors (Lipinski definition) is 5. The summed E-state index contributed by atoms with van der Waals surface area (Å²) in [6, 6.07) is 0. The molecule has 4 unspecified atom stereocenters. The van der Waals surface area contributed by atoms with E-state index in [4.69, 9.17) is 14.6 Å². The molecule has 2 rings (SSSR count). The van der Waals surface area contributed by atoms with Crippen LogP contribution in [0.4, 0.5) is 0 Å². The Hall–Kier alpha value is -0.200. The van der Waals surface area contributed by atoms with Crippen LogP contribution >= 0.6 is 0 Å². The molecule has 5 heteroatoms. The normalized spacial score (nSPS) is 48.4. The number of aliphatic hydroxyl groups is 3. The van der Waals surface area contributed by atoms with E-state index in [2.05, 4.69) is 0 Å². The average Bonchev–Trinajstić information content (AvgIpc) is 2.57. The van der Waals surface area contributed by atoms with Crippen LogP contribution in [0.2, 0.25) is 0 Å². The molecule has 15 heavy (non-hydrogen) atoms. The van der Waals surface area contributed by atoms with Gasteiger partial charge in [0.2, 0.25) is 0 Å². The van der Waals surface area contributed by atoms with Crippen molar-refractivity contribution in [3.63, 3.8) is 0 Å². The molecule has 0 aliphatic carbocycles. The van der Waals surface area contributed by atoms with Crippen LogP contribution in [0.3, 0.4) is 0 Å². The molecule has 2 aliphatic heterocycles. The van der Waals surface area contributed by atoms with Crippen LogP contribution in [0.5, 0.6) is 0 Å². The standard InChI is InChI=1S/C8H14O5.C2H6/c1-7-5(10)2-6(11)8(3-9,13-7)4-12-7;1-2/h5-6,9-11H,2-4H2,1H3;1-2H3. The quantitative estimate of drug-likeness (QED) is 0.562. The van der Waals surface area contributed by atoms with Gasteiger partial charge in [0.05, 0.1) is 19.3 Å². The maximum atomic E-state index is 9.61. The third-order valence-electron chi connectivity index (χ3n) is 2.94. The largest absolute Gasteiger partial charge is 0.393 e. The van der Waals surface area contributed by atoms with Crippen molar-refractivity contribution in [1.82, 2.24) is 0 Å². The van der Waals surface area contributed by atoms with Crippen LogP contribution < -0.4 is 0 Å². The second-order valence-electron chi connectivity index (χ2n) is 3.90. The first-order valence-electron chi connectivity index (χ1n) is 5.33. The second-order valence-corrected chi connectivity index (χ2v) is 3.90. The molecule has 3 N–H and O–H groups in total. The van der Waals surface area contributed by atoms with Gasteiger partial charge in [0.15, 0.2) is 5.79 Å². The monoisotopic (exact) mass is 220 g/mol. The minimum absolute atomic E-state index is 0.123. The number of hydrogen-bond donors (Lipinski definition) is 3. The molecule has 0 amide bonds. The molecule has 90 valence electrons. The van der Waals surface area contributed by atoms with Crippen molar-refractivity contribution in [2.45, 2.75) is 50.8 Å². The highest BCUT2D eigenvalue weighted by atomic mass is 16.8. The Morgan fingerprint density at radius 2 is 1.87 bits per heavy atom. The number of aliphatic hydroxyl groups excluding tert-OH is 3. The number of fused-ring (bicyclic) bond motifs is 2. The highest BCUT2D eigenvalue weighted by Crippen LogP contribution is 2.42. The highest BCUT2D eigenvalue weighted by Gasteiger charge is 2.60. The van der Waals surface area contributed by atoms with Crippen molar-refractivity contribution in [3.8, 4) is 0 Å². The summed E-state index contributed by atoms with van der Waals surface area (Å²) in [4.78, 5) is 0. The van der Waals surface area contributed by atoms with Crippen LogP contribution in [0, 0.1) is 0 Å². The van der Waals surface area contributed by atoms with Gasteiger partial charge in [-0.25, -0.2) is 0 Å². The lowest BCUT2D eigenvalue weighted by atomic mass is 9.89. The maximum Gasteiger partial charge on any atom is 0.192 e.